The summed E-state index contributed by atoms with van der Waals surface area (Å²) < 4.78 is 0. The number of nitrogens with zero attached hydrogens (tertiary/aromatic N) is 2. The number of aliphatic imine (C=N–C) groups is 2. The van der Waals surface area contributed by atoms with E-state index in [-0.39, 0.29) is 0 Å². The predicted molar refractivity (Wildman–Crippen MR) is 60.1 cm³/mol. The lowest BCUT2D eigenvalue weighted by Gasteiger charge is -2.03. The summed E-state index contributed by atoms with van der Waals surface area (Å²) in [6.07, 6.45) is 11.0. The molecule has 1 heterocycles. The predicted octanol–water partition coefficient (Wildman–Crippen LogP) is 2.08. The van der Waals surface area contributed by atoms with Crippen molar-refractivity contribution < 1.29 is 0 Å². The minimum absolute atomic E-state index is 0.320. The molecule has 1 N–H and O–H groups in total. The maximum Gasteiger partial charge on any atom is 0.0413 e. The second-order valence-electron chi connectivity index (χ2n) is 2.57. The fraction of sp³-hybridized carbons (Fsp3) is 0.222. The van der Waals surface area contributed by atoms with Gasteiger partial charge in [-0.25, -0.2) is 0 Å². The molecule has 0 aromatic rings. The molecular weight excluding hydrogens is 182 g/mol. The average molecular weight is 193 g/mol. The van der Waals surface area contributed by atoms with E-state index < -0.39 is 0 Å². The van der Waals surface area contributed by atoms with Crippen LogP contribution in [0.1, 0.15) is 6.42 Å². The van der Waals surface area contributed by atoms with Crippen LogP contribution in [0.25, 0.3) is 0 Å². The minimum Gasteiger partial charge on any atom is -0.308 e. The Labute approximate surface area is 82.9 Å². The van der Waals surface area contributed by atoms with E-state index in [9.17, 15) is 0 Å². The number of nitrogens with one attached hydrogen (secondary N) is 1. The maximum absolute atomic E-state index is 6.85. The second kappa shape index (κ2) is 5.48. The standard InChI is InChI=1S/C9H11N3S/c10-5-9(13)7-12-6-8-1-3-11-4-2-8/h1,3-8,10,13H,2H2/b9-7+,10-5?,12-6?. The summed E-state index contributed by atoms with van der Waals surface area (Å²) in [6, 6.07) is 0. The first-order valence-electron chi connectivity index (χ1n) is 3.94. The zero-order chi connectivity index (χ0) is 9.52. The molecule has 13 heavy (non-hydrogen) atoms. The van der Waals surface area contributed by atoms with Crippen LogP contribution in [0.15, 0.2) is 33.4 Å². The molecule has 1 rings (SSSR count). The molecule has 1 aliphatic rings. The van der Waals surface area contributed by atoms with Crippen LogP contribution in [0.3, 0.4) is 0 Å². The average Bonchev–Trinajstić information content (AvgIpc) is 2.19. The van der Waals surface area contributed by atoms with Gasteiger partial charge in [-0.3, -0.25) is 9.98 Å². The first-order chi connectivity index (χ1) is 6.33. The molecule has 0 aromatic heterocycles. The summed E-state index contributed by atoms with van der Waals surface area (Å²) >= 11 is 3.99. The van der Waals surface area contributed by atoms with Crippen molar-refractivity contribution >= 4 is 31.3 Å². The molecule has 68 valence electrons. The number of hydrogen-bond donors (Lipinski definition) is 2. The Balaban J connectivity index is 2.44. The van der Waals surface area contributed by atoms with Crippen molar-refractivity contribution in [3.8, 4) is 0 Å². The van der Waals surface area contributed by atoms with Crippen LogP contribution in [0.2, 0.25) is 0 Å². The molecule has 0 bridgehead atoms. The number of allylic oxidation sites excluding steroid dienone is 2. The number of hydrogen-bond acceptors (Lipinski definition) is 4. The van der Waals surface area contributed by atoms with E-state index in [4.69, 9.17) is 5.41 Å². The van der Waals surface area contributed by atoms with Gasteiger partial charge in [0.15, 0.2) is 0 Å². The Bertz CT molecular complexity index is 289. The molecule has 1 atom stereocenters. The highest BCUT2D eigenvalue weighted by Gasteiger charge is 2.00. The molecule has 4 heteroatoms. The largest absolute Gasteiger partial charge is 0.308 e. The summed E-state index contributed by atoms with van der Waals surface area (Å²) in [5.41, 5.74) is 0. The Hall–Kier alpha value is -1.16. The molecule has 0 aromatic carbocycles. The van der Waals surface area contributed by atoms with Crippen LogP contribution >= 0.6 is 12.6 Å². The molecule has 0 fully saturated rings. The van der Waals surface area contributed by atoms with E-state index >= 15 is 0 Å². The Morgan fingerprint density at radius 2 is 2.54 bits per heavy atom. The quantitative estimate of drug-likeness (QED) is 0.509. The molecule has 0 amide bonds. The van der Waals surface area contributed by atoms with E-state index in [1.807, 2.05) is 18.5 Å². The summed E-state index contributed by atoms with van der Waals surface area (Å²) in [4.78, 5) is 8.54. The molecule has 0 aliphatic carbocycles. The molecule has 3 nitrogen and oxygen atoms in total. The van der Waals surface area contributed by atoms with Gasteiger partial charge in [-0.15, -0.1) is 12.6 Å². The van der Waals surface area contributed by atoms with E-state index in [2.05, 4.69) is 22.6 Å². The summed E-state index contributed by atoms with van der Waals surface area (Å²) in [5.74, 6) is 0.320. The normalized spacial score (nSPS) is 22.5. The summed E-state index contributed by atoms with van der Waals surface area (Å²) in [6.45, 7) is 0. The highest BCUT2D eigenvalue weighted by Crippen LogP contribution is 2.05. The molecule has 0 radical (unpaired) electrons. The molecule has 0 saturated carbocycles. The maximum atomic E-state index is 6.85. The lowest BCUT2D eigenvalue weighted by molar-refractivity contribution is 0.926. The highest BCUT2D eigenvalue weighted by molar-refractivity contribution is 7.85. The van der Waals surface area contributed by atoms with E-state index in [1.165, 1.54) is 0 Å². The molecule has 1 aliphatic heterocycles. The van der Waals surface area contributed by atoms with E-state index in [1.54, 1.807) is 12.4 Å². The number of thiol groups is 1. The van der Waals surface area contributed by atoms with Crippen molar-refractivity contribution in [1.29, 1.82) is 5.41 Å². The second-order valence-corrected chi connectivity index (χ2v) is 3.09. The Morgan fingerprint density at radius 1 is 1.69 bits per heavy atom. The first-order valence-corrected chi connectivity index (χ1v) is 4.39. The third-order valence-corrected chi connectivity index (χ3v) is 1.78. The molecule has 0 spiro atoms. The SMILES string of the molecule is N=C/C(S)=C\N=CC1C=CN=CC1. The van der Waals surface area contributed by atoms with Crippen LogP contribution in [0, 0.1) is 11.3 Å². The topological polar surface area (TPSA) is 48.6 Å². The zero-order valence-corrected chi connectivity index (χ0v) is 7.98. The third-order valence-electron chi connectivity index (χ3n) is 1.53. The van der Waals surface area contributed by atoms with E-state index in [0.29, 0.717) is 10.8 Å². The van der Waals surface area contributed by atoms with Gasteiger partial charge in [0, 0.05) is 41.9 Å². The van der Waals surface area contributed by atoms with Crippen molar-refractivity contribution in [2.75, 3.05) is 0 Å². The molecule has 0 saturated heterocycles. The van der Waals surface area contributed by atoms with Crippen molar-refractivity contribution in [1.82, 2.24) is 0 Å². The lowest BCUT2D eigenvalue weighted by Crippen LogP contribution is -2.00. The van der Waals surface area contributed by atoms with Gasteiger partial charge in [0.25, 0.3) is 0 Å². The monoisotopic (exact) mass is 193 g/mol. The van der Waals surface area contributed by atoms with Gasteiger partial charge in [-0.2, -0.15) is 0 Å². The van der Waals surface area contributed by atoms with E-state index in [0.717, 1.165) is 12.6 Å². The zero-order valence-electron chi connectivity index (χ0n) is 7.09. The molecule has 1 unspecified atom stereocenters. The lowest BCUT2D eigenvalue weighted by atomic mass is 10.1. The van der Waals surface area contributed by atoms with Gasteiger partial charge in [0.1, 0.15) is 0 Å². The van der Waals surface area contributed by atoms with Crippen molar-refractivity contribution in [3.05, 3.63) is 23.4 Å². The van der Waals surface area contributed by atoms with Gasteiger partial charge in [0.2, 0.25) is 0 Å². The molecular formula is C9H11N3S. The Morgan fingerprint density at radius 3 is 3.15 bits per heavy atom. The van der Waals surface area contributed by atoms with Gasteiger partial charge >= 0.3 is 0 Å². The van der Waals surface area contributed by atoms with Crippen molar-refractivity contribution in [3.63, 3.8) is 0 Å². The van der Waals surface area contributed by atoms with Gasteiger partial charge < -0.3 is 5.41 Å². The van der Waals surface area contributed by atoms with Gasteiger partial charge in [-0.1, -0.05) is 6.08 Å². The van der Waals surface area contributed by atoms with Crippen LogP contribution in [0.4, 0.5) is 0 Å². The third kappa shape index (κ3) is 3.85. The van der Waals surface area contributed by atoms with Crippen molar-refractivity contribution in [2.24, 2.45) is 15.9 Å². The summed E-state index contributed by atoms with van der Waals surface area (Å²) in [7, 11) is 0. The fourth-order valence-electron chi connectivity index (χ4n) is 0.860. The Kier molecular flexibility index (Phi) is 4.18. The van der Waals surface area contributed by atoms with Crippen LogP contribution < -0.4 is 0 Å². The fourth-order valence-corrected chi connectivity index (χ4v) is 0.927. The van der Waals surface area contributed by atoms with Crippen LogP contribution in [-0.2, 0) is 0 Å². The highest BCUT2D eigenvalue weighted by atomic mass is 32.1. The first kappa shape index (κ1) is 9.92. The van der Waals surface area contributed by atoms with Gasteiger partial charge in [0.05, 0.1) is 0 Å². The van der Waals surface area contributed by atoms with Gasteiger partial charge in [-0.05, 0) is 6.42 Å². The number of rotatable bonds is 3. The van der Waals surface area contributed by atoms with Crippen LogP contribution in [0.5, 0.6) is 0 Å². The summed E-state index contributed by atoms with van der Waals surface area (Å²) in [5, 5.41) is 6.85. The van der Waals surface area contributed by atoms with Crippen molar-refractivity contribution in [2.45, 2.75) is 6.42 Å². The minimum atomic E-state index is 0.320. The van der Waals surface area contributed by atoms with Crippen LogP contribution in [-0.4, -0.2) is 18.6 Å². The smallest absolute Gasteiger partial charge is 0.0413 e.